The molecule has 0 saturated carbocycles. The lowest BCUT2D eigenvalue weighted by atomic mass is 9.90. The van der Waals surface area contributed by atoms with E-state index in [1.807, 2.05) is 24.3 Å². The first-order valence-corrected chi connectivity index (χ1v) is 17.8. The minimum atomic E-state index is -3.27. The van der Waals surface area contributed by atoms with Gasteiger partial charge >= 0.3 is 18.1 Å². The molecule has 12 nitrogen and oxygen atoms in total. The second kappa shape index (κ2) is 14.7. The Bertz CT molecular complexity index is 1670. The fourth-order valence-electron chi connectivity index (χ4n) is 4.52. The summed E-state index contributed by atoms with van der Waals surface area (Å²) in [6, 6.07) is 14.2. The Morgan fingerprint density at radius 3 is 1.89 bits per heavy atom. The van der Waals surface area contributed by atoms with Crippen molar-refractivity contribution in [3.63, 3.8) is 0 Å². The van der Waals surface area contributed by atoms with Crippen LogP contribution in [-0.2, 0) is 49.8 Å². The van der Waals surface area contributed by atoms with E-state index in [0.29, 0.717) is 36.5 Å². The minimum Gasteiger partial charge on any atom is -0.387 e. The number of hydrogen-bond acceptors (Lipinski definition) is 10. The van der Waals surface area contributed by atoms with Gasteiger partial charge in [-0.15, -0.1) is 11.3 Å². The van der Waals surface area contributed by atoms with E-state index in [2.05, 4.69) is 20.9 Å². The van der Waals surface area contributed by atoms with Gasteiger partial charge in [0.1, 0.15) is 0 Å². The largest absolute Gasteiger partial charge is 0.412 e. The van der Waals surface area contributed by atoms with Crippen LogP contribution in [0.1, 0.15) is 70.2 Å². The molecular weight excluding hydrogens is 643 g/mol. The molecule has 1 aromatic heterocycles. The number of aromatic nitrogens is 1. The molecule has 0 bridgehead atoms. The van der Waals surface area contributed by atoms with Gasteiger partial charge in [0.05, 0.1) is 16.0 Å². The summed E-state index contributed by atoms with van der Waals surface area (Å²) < 4.78 is 34.7. The number of nitrogens with one attached hydrogen (secondary N) is 3. The Balaban J connectivity index is 1.77. The third kappa shape index (κ3) is 11.2. The maximum atomic E-state index is 12.8. The van der Waals surface area contributed by atoms with Gasteiger partial charge in [0.25, 0.3) is 0 Å². The van der Waals surface area contributed by atoms with Crippen LogP contribution in [0.3, 0.4) is 0 Å². The number of nitrogens with zero attached hydrogens (tertiary/aromatic N) is 1. The molecule has 3 amide bonds. The van der Waals surface area contributed by atoms with Crippen LogP contribution in [0.4, 0.5) is 20.4 Å². The van der Waals surface area contributed by atoms with E-state index in [-0.39, 0.29) is 10.8 Å². The number of primary amides is 1. The topological polar surface area (TPSA) is 179 Å². The van der Waals surface area contributed by atoms with Gasteiger partial charge in [-0.25, -0.2) is 23.0 Å². The molecule has 1 heterocycles. The minimum absolute atomic E-state index is 0.206. The number of benzene rings is 2. The van der Waals surface area contributed by atoms with Crippen LogP contribution < -0.4 is 21.7 Å². The zero-order valence-corrected chi connectivity index (χ0v) is 29.8. The first kappa shape index (κ1) is 37.3. The van der Waals surface area contributed by atoms with Gasteiger partial charge in [-0.2, -0.15) is 0 Å². The Labute approximate surface area is 280 Å². The average Bonchev–Trinajstić information content (AvgIpc) is 3.29. The number of anilines is 2. The molecule has 1 unspecified atom stereocenters. The summed E-state index contributed by atoms with van der Waals surface area (Å²) in [6.45, 7) is 12.1. The van der Waals surface area contributed by atoms with E-state index < -0.39 is 38.9 Å². The molecule has 0 aliphatic heterocycles. The van der Waals surface area contributed by atoms with Gasteiger partial charge in [-0.3, -0.25) is 4.79 Å². The van der Waals surface area contributed by atoms with E-state index in [1.54, 1.807) is 65.8 Å². The summed E-state index contributed by atoms with van der Waals surface area (Å²) in [4.78, 5) is 42.4. The Morgan fingerprint density at radius 1 is 0.851 bits per heavy atom. The molecule has 256 valence electrons. The van der Waals surface area contributed by atoms with Crippen LogP contribution in [0.5, 0.6) is 0 Å². The molecule has 3 aromatic rings. The summed E-state index contributed by atoms with van der Waals surface area (Å²) in [6.07, 6.45) is 1.88. The van der Waals surface area contributed by atoms with Crippen LogP contribution in [-0.4, -0.2) is 49.2 Å². The van der Waals surface area contributed by atoms with Gasteiger partial charge in [-0.1, -0.05) is 45.0 Å². The van der Waals surface area contributed by atoms with E-state index >= 15 is 0 Å². The molecule has 5 N–H and O–H groups in total. The molecule has 0 radical (unpaired) electrons. The number of carbonyl (C=O) groups is 3. The maximum absolute atomic E-state index is 12.8. The average molecular weight is 688 g/mol. The number of nitrogens with two attached hydrogens (primary N) is 1. The zero-order valence-electron chi connectivity index (χ0n) is 28.1. The van der Waals surface area contributed by atoms with E-state index in [4.69, 9.17) is 15.2 Å². The number of thiazole rings is 1. The molecule has 2 aromatic carbocycles. The fourth-order valence-corrected chi connectivity index (χ4v) is 6.20. The van der Waals surface area contributed by atoms with Crippen molar-refractivity contribution >= 4 is 50.1 Å². The first-order chi connectivity index (χ1) is 21.7. The summed E-state index contributed by atoms with van der Waals surface area (Å²) in [5, 5.41) is 9.07. The Kier molecular flexibility index (Phi) is 11.7. The number of carbonyl (C=O) groups excluding carboxylic acids is 3. The normalized spacial score (nSPS) is 13.3. The number of rotatable bonds is 12. The lowest BCUT2D eigenvalue weighted by Crippen LogP contribution is -2.59. The predicted octanol–water partition coefficient (Wildman–Crippen LogP) is 5.81. The molecule has 0 spiro atoms. The van der Waals surface area contributed by atoms with Gasteiger partial charge in [0, 0.05) is 29.3 Å². The van der Waals surface area contributed by atoms with Crippen molar-refractivity contribution in [2.45, 2.75) is 90.5 Å². The molecule has 0 fully saturated rings. The van der Waals surface area contributed by atoms with Crippen LogP contribution in [0, 0.1) is 5.41 Å². The second-order valence-corrected chi connectivity index (χ2v) is 16.5. The smallest absolute Gasteiger partial charge is 0.387 e. The molecule has 1 atom stereocenters. The fraction of sp³-hybridized carbons (Fsp3) is 0.455. The number of hydrogen-bond donors (Lipinski definition) is 4. The Morgan fingerprint density at radius 2 is 1.40 bits per heavy atom. The quantitative estimate of drug-likeness (QED) is 0.171. The van der Waals surface area contributed by atoms with E-state index in [0.717, 1.165) is 21.7 Å². The molecular formula is C33H45N5O7S2. The SMILES string of the molecule is CC(=O)Nc1nc(CCc2ccc(NC(OC(N)=O)(OC(=O)NC(C)(C)C)C(C)(C)C)cc2)c(CCc2ccc(S(C)(=O)=O)cc2)s1. The highest BCUT2D eigenvalue weighted by Crippen LogP contribution is 2.37. The lowest BCUT2D eigenvalue weighted by molar-refractivity contribution is -0.202. The summed E-state index contributed by atoms with van der Waals surface area (Å²) in [5.41, 5.74) is 7.26. The van der Waals surface area contributed by atoms with Crippen LogP contribution in [0.15, 0.2) is 53.4 Å². The second-order valence-electron chi connectivity index (χ2n) is 13.4. The van der Waals surface area contributed by atoms with Crippen LogP contribution in [0.2, 0.25) is 0 Å². The number of aryl methyl sites for hydroxylation is 4. The monoisotopic (exact) mass is 687 g/mol. The van der Waals surface area contributed by atoms with Crippen molar-refractivity contribution in [2.75, 3.05) is 16.9 Å². The predicted molar refractivity (Wildman–Crippen MR) is 183 cm³/mol. The molecule has 47 heavy (non-hydrogen) atoms. The van der Waals surface area contributed by atoms with Gasteiger partial charge < -0.3 is 31.2 Å². The number of amides is 3. The molecule has 0 aliphatic carbocycles. The first-order valence-electron chi connectivity index (χ1n) is 15.1. The summed E-state index contributed by atoms with van der Waals surface area (Å²) in [5.74, 6) is -2.13. The van der Waals surface area contributed by atoms with Gasteiger partial charge in [0.15, 0.2) is 15.0 Å². The summed E-state index contributed by atoms with van der Waals surface area (Å²) in [7, 11) is -3.27. The summed E-state index contributed by atoms with van der Waals surface area (Å²) >= 11 is 1.43. The van der Waals surface area contributed by atoms with Crippen molar-refractivity contribution in [1.82, 2.24) is 10.3 Å². The maximum Gasteiger partial charge on any atom is 0.412 e. The van der Waals surface area contributed by atoms with E-state index in [9.17, 15) is 22.8 Å². The van der Waals surface area contributed by atoms with Gasteiger partial charge in [-0.05, 0) is 81.8 Å². The van der Waals surface area contributed by atoms with Crippen molar-refractivity contribution in [3.8, 4) is 0 Å². The zero-order chi connectivity index (χ0) is 35.2. The molecule has 3 rings (SSSR count). The van der Waals surface area contributed by atoms with Gasteiger partial charge in [0.2, 0.25) is 5.91 Å². The van der Waals surface area contributed by atoms with Crippen LogP contribution in [0.25, 0.3) is 0 Å². The van der Waals surface area contributed by atoms with Crippen molar-refractivity contribution in [2.24, 2.45) is 11.1 Å². The van der Waals surface area contributed by atoms with Crippen molar-refractivity contribution in [1.29, 1.82) is 0 Å². The lowest BCUT2D eigenvalue weighted by Gasteiger charge is -2.42. The molecule has 14 heteroatoms. The number of sulfone groups is 1. The third-order valence-corrected chi connectivity index (χ3v) is 9.11. The highest BCUT2D eigenvalue weighted by Gasteiger charge is 2.50. The highest BCUT2D eigenvalue weighted by atomic mass is 32.2. The van der Waals surface area contributed by atoms with Crippen molar-refractivity contribution in [3.05, 3.63) is 70.2 Å². The third-order valence-electron chi connectivity index (χ3n) is 6.91. The van der Waals surface area contributed by atoms with E-state index in [1.165, 1.54) is 24.5 Å². The standard InChI is InChI=1S/C33H45N5O7S2/c1-21(39)35-29-36-26(27(46-29)20-14-23-11-17-25(18-12-23)47(8,42)43)19-13-22-9-15-24(16-10-22)37-33(31(2,3)4,44-28(34)40)45-30(41)38-32(5,6)7/h9-12,15-18,37H,13-14,19-20H2,1-8H3,(H2,34,40)(H,38,41)(H,35,36,39). The Hall–Kier alpha value is -4.17. The highest BCUT2D eigenvalue weighted by molar-refractivity contribution is 7.90. The molecule has 0 saturated heterocycles. The van der Waals surface area contributed by atoms with Crippen LogP contribution >= 0.6 is 11.3 Å². The van der Waals surface area contributed by atoms with Crippen molar-refractivity contribution < 1.29 is 32.3 Å². The molecule has 0 aliphatic rings. The number of ether oxygens (including phenoxy) is 2. The number of alkyl carbamates (subject to hydrolysis) is 1.